The molecule has 0 bridgehead atoms. The van der Waals surface area contributed by atoms with Crippen LogP contribution in [0.1, 0.15) is 52.7 Å². The molecule has 4 aromatic rings. The first-order valence-electron chi connectivity index (χ1n) is 12.6. The molecule has 0 saturated heterocycles. The molecule has 5 nitrogen and oxygen atoms in total. The number of nitrogens with zero attached hydrogens (tertiary/aromatic N) is 4. The monoisotopic (exact) mass is 463 g/mol. The quantitative estimate of drug-likeness (QED) is 0.347. The van der Waals surface area contributed by atoms with Gasteiger partial charge in [0.15, 0.2) is 0 Å². The summed E-state index contributed by atoms with van der Waals surface area (Å²) in [5, 5.41) is 3.49. The summed E-state index contributed by atoms with van der Waals surface area (Å²) in [5.74, 6) is 0. The van der Waals surface area contributed by atoms with Crippen molar-refractivity contribution in [3.63, 3.8) is 0 Å². The van der Waals surface area contributed by atoms with Crippen LogP contribution in [0, 0.1) is 0 Å². The van der Waals surface area contributed by atoms with Crippen LogP contribution in [-0.4, -0.2) is 26.4 Å². The van der Waals surface area contributed by atoms with Gasteiger partial charge in [0, 0.05) is 56.9 Å². The minimum absolute atomic E-state index is 0.350. The molecule has 0 spiro atoms. The van der Waals surface area contributed by atoms with E-state index < -0.39 is 0 Å². The van der Waals surface area contributed by atoms with Crippen LogP contribution in [0.3, 0.4) is 0 Å². The molecule has 1 aliphatic rings. The first-order valence-corrected chi connectivity index (χ1v) is 12.6. The number of fused-ring (bicyclic) bond motifs is 1. The number of aryl methyl sites for hydroxylation is 1. The van der Waals surface area contributed by atoms with E-state index in [0.29, 0.717) is 6.04 Å². The highest BCUT2D eigenvalue weighted by Gasteiger charge is 2.27. The normalized spacial score (nSPS) is 15.2. The maximum Gasteiger partial charge on any atom is 0.0607 e. The lowest BCUT2D eigenvalue weighted by molar-refractivity contribution is 0.167. The number of nitrogens with one attached hydrogen (secondary N) is 1. The Kier molecular flexibility index (Phi) is 7.89. The van der Waals surface area contributed by atoms with Crippen LogP contribution >= 0.6 is 0 Å². The highest BCUT2D eigenvalue weighted by atomic mass is 15.2. The van der Waals surface area contributed by atoms with E-state index in [0.717, 1.165) is 56.8 Å². The van der Waals surface area contributed by atoms with E-state index in [1.54, 1.807) is 0 Å². The third kappa shape index (κ3) is 6.38. The van der Waals surface area contributed by atoms with E-state index in [1.807, 2.05) is 42.9 Å². The van der Waals surface area contributed by atoms with Gasteiger partial charge in [-0.2, -0.15) is 0 Å². The summed E-state index contributed by atoms with van der Waals surface area (Å²) >= 11 is 0. The summed E-state index contributed by atoms with van der Waals surface area (Å²) in [6.07, 6.45) is 10.1. The molecule has 0 radical (unpaired) electrons. The zero-order valence-corrected chi connectivity index (χ0v) is 20.2. The van der Waals surface area contributed by atoms with Crippen LogP contribution in [0.2, 0.25) is 0 Å². The summed E-state index contributed by atoms with van der Waals surface area (Å²) in [6, 6.07) is 25.9. The Morgan fingerprint density at radius 3 is 2.26 bits per heavy atom. The lowest BCUT2D eigenvalue weighted by atomic mass is 9.90. The Labute approximate surface area is 208 Å². The van der Waals surface area contributed by atoms with Crippen molar-refractivity contribution < 1.29 is 0 Å². The third-order valence-electron chi connectivity index (χ3n) is 6.76. The van der Waals surface area contributed by atoms with Crippen LogP contribution in [0.5, 0.6) is 0 Å². The minimum atomic E-state index is 0.350. The van der Waals surface area contributed by atoms with Crippen LogP contribution in [0.4, 0.5) is 0 Å². The number of pyridine rings is 3. The van der Waals surface area contributed by atoms with Gasteiger partial charge in [-0.15, -0.1) is 0 Å². The largest absolute Gasteiger partial charge is 0.307 e. The van der Waals surface area contributed by atoms with Crippen LogP contribution in [0.15, 0.2) is 91.4 Å². The second-order valence-electron chi connectivity index (χ2n) is 9.24. The topological polar surface area (TPSA) is 53.9 Å². The van der Waals surface area contributed by atoms with Crippen molar-refractivity contribution in [2.45, 2.75) is 51.4 Å². The van der Waals surface area contributed by atoms with Gasteiger partial charge in [0.25, 0.3) is 0 Å². The predicted octanol–water partition coefficient (Wildman–Crippen LogP) is 5.28. The summed E-state index contributed by atoms with van der Waals surface area (Å²) in [4.78, 5) is 16.4. The predicted molar refractivity (Wildman–Crippen MR) is 139 cm³/mol. The number of benzene rings is 1. The van der Waals surface area contributed by atoms with Crippen molar-refractivity contribution in [3.05, 3.63) is 125 Å². The summed E-state index contributed by atoms with van der Waals surface area (Å²) in [5.41, 5.74) is 7.49. The molecule has 0 saturated carbocycles. The molecule has 3 aromatic heterocycles. The van der Waals surface area contributed by atoms with Crippen molar-refractivity contribution in [2.75, 3.05) is 6.54 Å². The van der Waals surface area contributed by atoms with Gasteiger partial charge in [0.05, 0.1) is 17.4 Å². The summed E-state index contributed by atoms with van der Waals surface area (Å²) in [6.45, 7) is 3.48. The van der Waals surface area contributed by atoms with Gasteiger partial charge < -0.3 is 5.32 Å². The van der Waals surface area contributed by atoms with E-state index in [4.69, 9.17) is 4.98 Å². The molecule has 0 fully saturated rings. The van der Waals surface area contributed by atoms with E-state index in [-0.39, 0.29) is 0 Å². The molecule has 1 aromatic carbocycles. The average molecular weight is 464 g/mol. The first-order chi connectivity index (χ1) is 17.3. The molecule has 178 valence electrons. The van der Waals surface area contributed by atoms with Crippen LogP contribution in [-0.2, 0) is 32.5 Å². The second-order valence-corrected chi connectivity index (χ2v) is 9.24. The van der Waals surface area contributed by atoms with Crippen LogP contribution in [0.25, 0.3) is 0 Å². The molecule has 5 rings (SSSR count). The number of aromatic nitrogens is 3. The van der Waals surface area contributed by atoms with Crippen molar-refractivity contribution in [1.82, 2.24) is 25.2 Å². The molecular formula is C30H33N5. The summed E-state index contributed by atoms with van der Waals surface area (Å²) < 4.78 is 0. The standard InChI is InChI=1S/C30H33N5/c1-3-17-32-27(9-1)16-20-35(29-11-5-7-26-8-6-19-34-30(26)29)23-25-14-12-24(13-15-25)21-31-22-28-10-2-4-18-33-28/h1-4,6,8-10,12-15,17-19,29,31H,5,7,11,16,20-23H2. The fraction of sp³-hybridized carbons (Fsp3) is 0.300. The van der Waals surface area contributed by atoms with Crippen molar-refractivity contribution in [3.8, 4) is 0 Å². The molecule has 1 atom stereocenters. The molecule has 1 aliphatic carbocycles. The summed E-state index contributed by atoms with van der Waals surface area (Å²) in [7, 11) is 0. The van der Waals surface area contributed by atoms with Gasteiger partial charge in [-0.25, -0.2) is 0 Å². The Hall–Kier alpha value is -3.41. The van der Waals surface area contributed by atoms with E-state index >= 15 is 0 Å². The fourth-order valence-corrected chi connectivity index (χ4v) is 4.92. The van der Waals surface area contributed by atoms with Crippen molar-refractivity contribution >= 4 is 0 Å². The molecule has 5 heteroatoms. The van der Waals surface area contributed by atoms with Crippen LogP contribution < -0.4 is 5.32 Å². The Balaban J connectivity index is 1.26. The lowest BCUT2D eigenvalue weighted by Gasteiger charge is -2.35. The number of hydrogen-bond acceptors (Lipinski definition) is 5. The van der Waals surface area contributed by atoms with E-state index in [2.05, 4.69) is 68.7 Å². The highest BCUT2D eigenvalue weighted by molar-refractivity contribution is 5.27. The second kappa shape index (κ2) is 11.8. The molecule has 0 amide bonds. The van der Waals surface area contributed by atoms with Gasteiger partial charge in [-0.05, 0) is 66.3 Å². The lowest BCUT2D eigenvalue weighted by Crippen LogP contribution is -2.33. The molecule has 0 aliphatic heterocycles. The molecular weight excluding hydrogens is 430 g/mol. The number of hydrogen-bond donors (Lipinski definition) is 1. The van der Waals surface area contributed by atoms with Gasteiger partial charge >= 0.3 is 0 Å². The van der Waals surface area contributed by atoms with E-state index in [1.165, 1.54) is 28.8 Å². The Morgan fingerprint density at radius 1 is 0.743 bits per heavy atom. The Morgan fingerprint density at radius 2 is 1.49 bits per heavy atom. The van der Waals surface area contributed by atoms with Gasteiger partial charge in [0.1, 0.15) is 0 Å². The smallest absolute Gasteiger partial charge is 0.0607 e. The molecule has 1 unspecified atom stereocenters. The van der Waals surface area contributed by atoms with Crippen molar-refractivity contribution in [2.24, 2.45) is 0 Å². The number of rotatable bonds is 10. The SMILES string of the molecule is c1ccc(CCN(Cc2ccc(CNCc3ccccn3)cc2)C2CCCc3cccnc32)nc1. The molecule has 3 heterocycles. The maximum atomic E-state index is 4.82. The average Bonchev–Trinajstić information content (AvgIpc) is 2.93. The molecule has 35 heavy (non-hydrogen) atoms. The minimum Gasteiger partial charge on any atom is -0.307 e. The maximum absolute atomic E-state index is 4.82. The van der Waals surface area contributed by atoms with Gasteiger partial charge in [-0.1, -0.05) is 42.5 Å². The fourth-order valence-electron chi connectivity index (χ4n) is 4.92. The highest BCUT2D eigenvalue weighted by Crippen LogP contribution is 2.33. The zero-order chi connectivity index (χ0) is 23.7. The first kappa shape index (κ1) is 23.3. The van der Waals surface area contributed by atoms with Crippen molar-refractivity contribution in [1.29, 1.82) is 0 Å². The van der Waals surface area contributed by atoms with Gasteiger partial charge in [-0.3, -0.25) is 19.9 Å². The van der Waals surface area contributed by atoms with Gasteiger partial charge in [0.2, 0.25) is 0 Å². The van der Waals surface area contributed by atoms with E-state index in [9.17, 15) is 0 Å². The third-order valence-corrected chi connectivity index (χ3v) is 6.76. The zero-order valence-electron chi connectivity index (χ0n) is 20.2. The Bertz CT molecular complexity index is 1180. The molecule has 1 N–H and O–H groups in total.